The third kappa shape index (κ3) is 3.04. The van der Waals surface area contributed by atoms with Gasteiger partial charge in [0.2, 0.25) is 0 Å². The maximum absolute atomic E-state index is 10.2. The molecule has 0 bridgehead atoms. The summed E-state index contributed by atoms with van der Waals surface area (Å²) in [4.78, 5) is 1.42. The first-order valence-corrected chi connectivity index (χ1v) is 10.9. The van der Waals surface area contributed by atoms with Crippen molar-refractivity contribution in [3.63, 3.8) is 0 Å². The zero-order valence-corrected chi connectivity index (χ0v) is 17.2. The highest BCUT2D eigenvalue weighted by Gasteiger charge is 2.49. The van der Waals surface area contributed by atoms with Crippen LogP contribution >= 0.6 is 11.3 Å². The highest BCUT2D eigenvalue weighted by Crippen LogP contribution is 2.58. The van der Waals surface area contributed by atoms with Crippen LogP contribution in [0.4, 0.5) is 0 Å². The monoisotopic (exact) mass is 394 g/mol. The van der Waals surface area contributed by atoms with Gasteiger partial charge in [0.25, 0.3) is 0 Å². The van der Waals surface area contributed by atoms with Crippen LogP contribution in [0.5, 0.6) is 5.75 Å². The summed E-state index contributed by atoms with van der Waals surface area (Å²) in [6, 6.07) is 17.4. The lowest BCUT2D eigenvalue weighted by Crippen LogP contribution is -2.29. The van der Waals surface area contributed by atoms with Gasteiger partial charge in [0.05, 0.1) is 25.4 Å². The highest BCUT2D eigenvalue weighted by atomic mass is 32.1. The zero-order chi connectivity index (χ0) is 19.3. The summed E-state index contributed by atoms with van der Waals surface area (Å²) in [5, 5.41) is 11.5. The van der Waals surface area contributed by atoms with E-state index in [-0.39, 0.29) is 23.7 Å². The van der Waals surface area contributed by atoms with Crippen molar-refractivity contribution in [1.29, 1.82) is 0 Å². The number of aliphatic hydroxyl groups excluding tert-OH is 1. The van der Waals surface area contributed by atoms with Crippen molar-refractivity contribution in [2.24, 2.45) is 0 Å². The lowest BCUT2D eigenvalue weighted by atomic mass is 9.88. The molecule has 2 aromatic carbocycles. The molecule has 1 N–H and O–H groups in total. The number of aliphatic hydroxyl groups is 1. The quantitative estimate of drug-likeness (QED) is 0.627. The molecule has 2 fully saturated rings. The SMILES string of the molecule is COc1ccc([C@H]2CC(O)CC(C)O2)cc1C1(c2cc3ccccc3s2)CC1. The van der Waals surface area contributed by atoms with Gasteiger partial charge in [-0.05, 0) is 61.4 Å². The lowest BCUT2D eigenvalue weighted by molar-refractivity contribution is -0.0895. The third-order valence-electron chi connectivity index (χ3n) is 6.24. The molecule has 3 nitrogen and oxygen atoms in total. The second kappa shape index (κ2) is 6.87. The van der Waals surface area contributed by atoms with Gasteiger partial charge in [-0.3, -0.25) is 0 Å². The summed E-state index contributed by atoms with van der Waals surface area (Å²) < 4.78 is 13.3. The van der Waals surface area contributed by atoms with Crippen LogP contribution in [-0.2, 0) is 10.2 Å². The van der Waals surface area contributed by atoms with Crippen LogP contribution in [0.1, 0.15) is 54.7 Å². The Morgan fingerprint density at radius 3 is 2.64 bits per heavy atom. The molecule has 146 valence electrons. The van der Waals surface area contributed by atoms with Crippen LogP contribution in [0.15, 0.2) is 48.5 Å². The number of hydrogen-bond acceptors (Lipinski definition) is 4. The van der Waals surface area contributed by atoms with Gasteiger partial charge in [-0.25, -0.2) is 0 Å². The first-order chi connectivity index (χ1) is 13.6. The number of methoxy groups -OCH3 is 1. The third-order valence-corrected chi connectivity index (χ3v) is 7.57. The molecule has 2 aliphatic rings. The lowest BCUT2D eigenvalue weighted by Gasteiger charge is -2.32. The van der Waals surface area contributed by atoms with E-state index < -0.39 is 0 Å². The summed E-state index contributed by atoms with van der Waals surface area (Å²) in [5.41, 5.74) is 2.45. The second-order valence-electron chi connectivity index (χ2n) is 8.25. The Labute approximate surface area is 169 Å². The molecule has 5 rings (SSSR count). The van der Waals surface area contributed by atoms with Crippen molar-refractivity contribution < 1.29 is 14.6 Å². The standard InChI is InChI=1S/C24H26O3S/c1-15-11-18(25)14-21(27-15)16-7-8-20(26-2)19(12-16)24(9-10-24)23-13-17-5-3-4-6-22(17)28-23/h3-8,12-13,15,18,21,25H,9-11,14H2,1-2H3/t15?,18?,21-/m1/s1. The number of benzene rings is 2. The molecule has 0 amide bonds. The fourth-order valence-corrected chi connectivity index (χ4v) is 5.95. The molecule has 2 unspecified atom stereocenters. The van der Waals surface area contributed by atoms with Crippen molar-refractivity contribution >= 4 is 21.4 Å². The van der Waals surface area contributed by atoms with Gasteiger partial charge >= 0.3 is 0 Å². The Kier molecular flexibility index (Phi) is 4.46. The molecular weight excluding hydrogens is 368 g/mol. The van der Waals surface area contributed by atoms with Gasteiger partial charge in [-0.2, -0.15) is 0 Å². The van der Waals surface area contributed by atoms with Crippen molar-refractivity contribution in [3.8, 4) is 5.75 Å². The molecule has 3 atom stereocenters. The first kappa shape index (κ1) is 18.2. The van der Waals surface area contributed by atoms with Crippen LogP contribution in [0.2, 0.25) is 0 Å². The molecule has 2 heterocycles. The van der Waals surface area contributed by atoms with E-state index in [1.807, 2.05) is 18.3 Å². The van der Waals surface area contributed by atoms with Crippen LogP contribution in [-0.4, -0.2) is 24.4 Å². The maximum atomic E-state index is 10.2. The Balaban J connectivity index is 1.56. The van der Waals surface area contributed by atoms with E-state index in [9.17, 15) is 5.11 Å². The van der Waals surface area contributed by atoms with Gasteiger partial charge in [0.1, 0.15) is 5.75 Å². The van der Waals surface area contributed by atoms with E-state index in [2.05, 4.69) is 48.5 Å². The summed E-state index contributed by atoms with van der Waals surface area (Å²) >= 11 is 1.90. The molecule has 3 aromatic rings. The van der Waals surface area contributed by atoms with E-state index in [0.29, 0.717) is 12.8 Å². The van der Waals surface area contributed by atoms with Crippen LogP contribution in [0.25, 0.3) is 10.1 Å². The average molecular weight is 395 g/mol. The maximum Gasteiger partial charge on any atom is 0.123 e. The van der Waals surface area contributed by atoms with E-state index in [1.54, 1.807) is 7.11 Å². The summed E-state index contributed by atoms with van der Waals surface area (Å²) in [7, 11) is 1.75. The number of fused-ring (bicyclic) bond motifs is 1. The predicted octanol–water partition coefficient (Wildman–Crippen LogP) is 5.59. The van der Waals surface area contributed by atoms with Crippen LogP contribution in [0, 0.1) is 0 Å². The molecular formula is C24H26O3S. The number of rotatable bonds is 4. The molecule has 1 aliphatic heterocycles. The Hall–Kier alpha value is -1.88. The van der Waals surface area contributed by atoms with Crippen molar-refractivity contribution in [2.45, 2.75) is 56.3 Å². The van der Waals surface area contributed by atoms with E-state index in [4.69, 9.17) is 9.47 Å². The molecule has 1 saturated heterocycles. The van der Waals surface area contributed by atoms with Gasteiger partial charge in [-0.1, -0.05) is 24.3 Å². The molecule has 1 saturated carbocycles. The van der Waals surface area contributed by atoms with E-state index in [1.165, 1.54) is 20.5 Å². The average Bonchev–Trinajstić information content (AvgIpc) is 3.39. The van der Waals surface area contributed by atoms with Gasteiger partial charge in [0.15, 0.2) is 0 Å². The van der Waals surface area contributed by atoms with Gasteiger partial charge in [0, 0.05) is 27.0 Å². The topological polar surface area (TPSA) is 38.7 Å². The minimum absolute atomic E-state index is 0.0456. The Morgan fingerprint density at radius 2 is 1.93 bits per heavy atom. The van der Waals surface area contributed by atoms with E-state index in [0.717, 1.165) is 24.2 Å². The normalized spacial score (nSPS) is 26.3. The number of thiophene rings is 1. The van der Waals surface area contributed by atoms with Crippen LogP contribution < -0.4 is 4.74 Å². The molecule has 4 heteroatoms. The fourth-order valence-electron chi connectivity index (χ4n) is 4.62. The largest absolute Gasteiger partial charge is 0.496 e. The smallest absolute Gasteiger partial charge is 0.123 e. The molecule has 0 spiro atoms. The Morgan fingerprint density at radius 1 is 1.11 bits per heavy atom. The van der Waals surface area contributed by atoms with Crippen LogP contribution in [0.3, 0.4) is 0 Å². The summed E-state index contributed by atoms with van der Waals surface area (Å²) in [5.74, 6) is 0.947. The van der Waals surface area contributed by atoms with Crippen molar-refractivity contribution in [2.75, 3.05) is 7.11 Å². The molecule has 0 radical (unpaired) electrons. The Bertz CT molecular complexity index is 961. The summed E-state index contributed by atoms with van der Waals surface area (Å²) in [6.45, 7) is 2.04. The van der Waals surface area contributed by atoms with Crippen molar-refractivity contribution in [3.05, 3.63) is 64.5 Å². The zero-order valence-electron chi connectivity index (χ0n) is 16.4. The highest BCUT2D eigenvalue weighted by molar-refractivity contribution is 7.19. The van der Waals surface area contributed by atoms with Gasteiger partial charge < -0.3 is 14.6 Å². The van der Waals surface area contributed by atoms with Gasteiger partial charge in [-0.15, -0.1) is 11.3 Å². The molecule has 1 aromatic heterocycles. The second-order valence-corrected chi connectivity index (χ2v) is 9.33. The number of ether oxygens (including phenoxy) is 2. The summed E-state index contributed by atoms with van der Waals surface area (Å²) in [6.07, 6.45) is 3.39. The predicted molar refractivity (Wildman–Crippen MR) is 113 cm³/mol. The molecule has 1 aliphatic carbocycles. The molecule has 28 heavy (non-hydrogen) atoms. The first-order valence-electron chi connectivity index (χ1n) is 10.1. The van der Waals surface area contributed by atoms with E-state index >= 15 is 0 Å². The van der Waals surface area contributed by atoms with Crippen molar-refractivity contribution in [1.82, 2.24) is 0 Å². The number of hydrogen-bond donors (Lipinski definition) is 1. The fraction of sp³-hybridized carbons (Fsp3) is 0.417. The minimum Gasteiger partial charge on any atom is -0.496 e. The minimum atomic E-state index is -0.295.